The molecule has 0 bridgehead atoms. The Morgan fingerprint density at radius 1 is 1.71 bits per heavy atom. The molecule has 0 fully saturated rings. The van der Waals surface area contributed by atoms with Crippen molar-refractivity contribution >= 4 is 17.3 Å². The lowest BCUT2D eigenvalue weighted by atomic mass is 10.4. The standard InChI is InChI=1S/C9H16N4S/c1-7(2)13-9(10)12-4-3-8-11-5-6-14-8/h5-7H,3-4H2,1-2H3,(H3,10,12,13). The molecule has 0 aliphatic heterocycles. The highest BCUT2D eigenvalue weighted by Crippen LogP contribution is 2.03. The van der Waals surface area contributed by atoms with E-state index >= 15 is 0 Å². The summed E-state index contributed by atoms with van der Waals surface area (Å²) in [5.74, 6) is 0.511. The number of nitrogens with zero attached hydrogens (tertiary/aromatic N) is 2. The maximum Gasteiger partial charge on any atom is 0.188 e. The van der Waals surface area contributed by atoms with Gasteiger partial charge in [0.1, 0.15) is 0 Å². The number of hydrogen-bond acceptors (Lipinski definition) is 3. The molecule has 1 rings (SSSR count). The summed E-state index contributed by atoms with van der Waals surface area (Å²) in [7, 11) is 0. The first-order valence-corrected chi connectivity index (χ1v) is 5.51. The lowest BCUT2D eigenvalue weighted by Gasteiger charge is -2.07. The molecule has 1 aromatic heterocycles. The van der Waals surface area contributed by atoms with E-state index in [1.807, 2.05) is 19.2 Å². The molecule has 0 unspecified atom stereocenters. The van der Waals surface area contributed by atoms with Crippen LogP contribution < -0.4 is 11.1 Å². The van der Waals surface area contributed by atoms with Gasteiger partial charge in [0, 0.05) is 30.6 Å². The van der Waals surface area contributed by atoms with Gasteiger partial charge in [-0.15, -0.1) is 11.3 Å². The Morgan fingerprint density at radius 2 is 2.50 bits per heavy atom. The number of nitrogens with two attached hydrogens (primary N) is 1. The van der Waals surface area contributed by atoms with Gasteiger partial charge in [-0.2, -0.15) is 0 Å². The van der Waals surface area contributed by atoms with Gasteiger partial charge < -0.3 is 11.1 Å². The molecule has 1 heterocycles. The van der Waals surface area contributed by atoms with Crippen molar-refractivity contribution in [1.82, 2.24) is 10.3 Å². The minimum Gasteiger partial charge on any atom is -0.370 e. The molecule has 0 atom stereocenters. The zero-order valence-corrected chi connectivity index (χ0v) is 9.34. The highest BCUT2D eigenvalue weighted by atomic mass is 32.1. The maximum atomic E-state index is 5.64. The third-order valence-corrected chi connectivity index (χ3v) is 2.37. The molecule has 0 spiro atoms. The molecule has 3 N–H and O–H groups in total. The van der Waals surface area contributed by atoms with Crippen molar-refractivity contribution in [2.75, 3.05) is 6.54 Å². The number of thiazole rings is 1. The molecule has 0 saturated heterocycles. The van der Waals surface area contributed by atoms with Gasteiger partial charge in [0.2, 0.25) is 0 Å². The molecule has 4 nitrogen and oxygen atoms in total. The molecule has 0 aromatic carbocycles. The fraction of sp³-hybridized carbons (Fsp3) is 0.556. The Bertz CT molecular complexity index is 279. The van der Waals surface area contributed by atoms with Crippen molar-refractivity contribution in [1.29, 1.82) is 0 Å². The maximum absolute atomic E-state index is 5.64. The van der Waals surface area contributed by atoms with Gasteiger partial charge in [-0.1, -0.05) is 0 Å². The molecular formula is C9H16N4S. The van der Waals surface area contributed by atoms with Crippen molar-refractivity contribution in [3.05, 3.63) is 16.6 Å². The average molecular weight is 212 g/mol. The summed E-state index contributed by atoms with van der Waals surface area (Å²) in [6.07, 6.45) is 2.66. The Kier molecular flexibility index (Phi) is 4.39. The lowest BCUT2D eigenvalue weighted by molar-refractivity contribution is 0.723. The predicted octanol–water partition coefficient (Wildman–Crippen LogP) is 0.998. The number of guanidine groups is 1. The van der Waals surface area contributed by atoms with Crippen LogP contribution in [0.25, 0.3) is 0 Å². The van der Waals surface area contributed by atoms with E-state index in [0.717, 1.165) is 11.4 Å². The van der Waals surface area contributed by atoms with Gasteiger partial charge in [0.25, 0.3) is 0 Å². The first-order chi connectivity index (χ1) is 6.68. The second-order valence-corrected chi connectivity index (χ2v) is 4.22. The lowest BCUT2D eigenvalue weighted by Crippen LogP contribution is -2.36. The largest absolute Gasteiger partial charge is 0.370 e. The molecule has 0 aliphatic carbocycles. The summed E-state index contributed by atoms with van der Waals surface area (Å²) >= 11 is 1.65. The zero-order valence-electron chi connectivity index (χ0n) is 8.53. The fourth-order valence-corrected chi connectivity index (χ4v) is 1.60. The van der Waals surface area contributed by atoms with E-state index in [2.05, 4.69) is 15.3 Å². The van der Waals surface area contributed by atoms with E-state index in [0.29, 0.717) is 18.5 Å². The van der Waals surface area contributed by atoms with Crippen LogP contribution in [-0.4, -0.2) is 23.5 Å². The molecule has 5 heteroatoms. The number of aromatic nitrogens is 1. The SMILES string of the molecule is CC(C)NC(N)=NCCc1nccs1. The van der Waals surface area contributed by atoms with Gasteiger partial charge in [-0.25, -0.2) is 4.98 Å². The molecule has 0 amide bonds. The summed E-state index contributed by atoms with van der Waals surface area (Å²) < 4.78 is 0. The molecule has 14 heavy (non-hydrogen) atoms. The average Bonchev–Trinajstić information content (AvgIpc) is 2.55. The minimum absolute atomic E-state index is 0.332. The topological polar surface area (TPSA) is 63.3 Å². The van der Waals surface area contributed by atoms with Crippen LogP contribution in [-0.2, 0) is 6.42 Å². The number of aliphatic imine (C=N–C) groups is 1. The Labute approximate surface area is 88.3 Å². The van der Waals surface area contributed by atoms with Crippen LogP contribution >= 0.6 is 11.3 Å². The molecular weight excluding hydrogens is 196 g/mol. The van der Waals surface area contributed by atoms with Crippen molar-refractivity contribution in [3.63, 3.8) is 0 Å². The van der Waals surface area contributed by atoms with Crippen LogP contribution in [0.15, 0.2) is 16.6 Å². The fourth-order valence-electron chi connectivity index (χ4n) is 0.990. The molecule has 78 valence electrons. The van der Waals surface area contributed by atoms with Crippen LogP contribution in [0.2, 0.25) is 0 Å². The Morgan fingerprint density at radius 3 is 3.07 bits per heavy atom. The highest BCUT2D eigenvalue weighted by Gasteiger charge is 1.96. The molecule has 1 aromatic rings. The predicted molar refractivity (Wildman–Crippen MR) is 60.6 cm³/mol. The third-order valence-electron chi connectivity index (χ3n) is 1.53. The highest BCUT2D eigenvalue weighted by molar-refractivity contribution is 7.09. The number of rotatable bonds is 4. The van der Waals surface area contributed by atoms with E-state index in [-0.39, 0.29) is 0 Å². The third kappa shape index (κ3) is 4.23. The molecule has 0 saturated carbocycles. The molecule has 0 aliphatic rings. The van der Waals surface area contributed by atoms with Gasteiger partial charge in [-0.05, 0) is 13.8 Å². The van der Waals surface area contributed by atoms with Crippen molar-refractivity contribution in [3.8, 4) is 0 Å². The number of nitrogens with one attached hydrogen (secondary N) is 1. The normalized spacial score (nSPS) is 12.1. The quantitative estimate of drug-likeness (QED) is 0.578. The number of hydrogen-bond donors (Lipinski definition) is 2. The van der Waals surface area contributed by atoms with Crippen LogP contribution in [0.5, 0.6) is 0 Å². The van der Waals surface area contributed by atoms with E-state index in [4.69, 9.17) is 5.73 Å². The van der Waals surface area contributed by atoms with Gasteiger partial charge >= 0.3 is 0 Å². The van der Waals surface area contributed by atoms with E-state index in [1.165, 1.54) is 0 Å². The second kappa shape index (κ2) is 5.59. The van der Waals surface area contributed by atoms with Gasteiger partial charge in [0.15, 0.2) is 5.96 Å². The van der Waals surface area contributed by atoms with Crippen LogP contribution in [0, 0.1) is 0 Å². The first kappa shape index (κ1) is 11.0. The van der Waals surface area contributed by atoms with Crippen LogP contribution in [0.4, 0.5) is 0 Å². The summed E-state index contributed by atoms with van der Waals surface area (Å²) in [4.78, 5) is 8.35. The smallest absolute Gasteiger partial charge is 0.188 e. The van der Waals surface area contributed by atoms with Crippen LogP contribution in [0.1, 0.15) is 18.9 Å². The Balaban J connectivity index is 2.26. The monoisotopic (exact) mass is 212 g/mol. The van der Waals surface area contributed by atoms with Crippen molar-refractivity contribution < 1.29 is 0 Å². The summed E-state index contributed by atoms with van der Waals surface area (Å²) in [6, 6.07) is 0.332. The van der Waals surface area contributed by atoms with E-state index in [9.17, 15) is 0 Å². The Hall–Kier alpha value is -1.10. The summed E-state index contributed by atoms with van der Waals surface area (Å²) in [6.45, 7) is 4.76. The van der Waals surface area contributed by atoms with Gasteiger partial charge in [0.05, 0.1) is 5.01 Å². The van der Waals surface area contributed by atoms with E-state index < -0.39 is 0 Å². The second-order valence-electron chi connectivity index (χ2n) is 3.24. The van der Waals surface area contributed by atoms with Crippen molar-refractivity contribution in [2.24, 2.45) is 10.7 Å². The zero-order chi connectivity index (χ0) is 10.4. The molecule has 0 radical (unpaired) electrons. The summed E-state index contributed by atoms with van der Waals surface area (Å²) in [5, 5.41) is 6.10. The summed E-state index contributed by atoms with van der Waals surface area (Å²) in [5.41, 5.74) is 5.64. The van der Waals surface area contributed by atoms with E-state index in [1.54, 1.807) is 17.5 Å². The first-order valence-electron chi connectivity index (χ1n) is 4.63. The minimum atomic E-state index is 0.332. The van der Waals surface area contributed by atoms with Crippen LogP contribution in [0.3, 0.4) is 0 Å². The van der Waals surface area contributed by atoms with Crippen molar-refractivity contribution in [2.45, 2.75) is 26.3 Å². The van der Waals surface area contributed by atoms with Gasteiger partial charge in [-0.3, -0.25) is 4.99 Å².